The van der Waals surface area contributed by atoms with Crippen molar-refractivity contribution in [1.29, 1.82) is 0 Å². The van der Waals surface area contributed by atoms with Crippen molar-refractivity contribution in [2.24, 2.45) is 0 Å². The molecule has 1 aliphatic carbocycles. The molecule has 0 atom stereocenters. The van der Waals surface area contributed by atoms with Crippen LogP contribution < -0.4 is 16.6 Å². The van der Waals surface area contributed by atoms with Gasteiger partial charge in [0.25, 0.3) is 11.5 Å². The fourth-order valence-corrected chi connectivity index (χ4v) is 2.65. The van der Waals surface area contributed by atoms with Gasteiger partial charge < -0.3 is 16.2 Å². The minimum Gasteiger partial charge on any atom is -0.479 e. The monoisotopic (exact) mass is 347 g/mol. The molecule has 24 heavy (non-hydrogen) atoms. The number of benzene rings is 1. The number of hydrogen-bond donors (Lipinski definition) is 3. The first-order chi connectivity index (χ1) is 11.3. The van der Waals surface area contributed by atoms with Gasteiger partial charge in [-0.2, -0.15) is 0 Å². The van der Waals surface area contributed by atoms with Gasteiger partial charge in [0.05, 0.1) is 10.7 Å². The summed E-state index contributed by atoms with van der Waals surface area (Å²) in [5.74, 6) is -1.59. The zero-order valence-electron chi connectivity index (χ0n) is 12.5. The highest BCUT2D eigenvalue weighted by molar-refractivity contribution is 6.33. The molecular weight excluding hydrogens is 334 g/mol. The minimum absolute atomic E-state index is 0.00275. The molecule has 1 saturated carbocycles. The van der Waals surface area contributed by atoms with Crippen LogP contribution in [0, 0.1) is 0 Å². The third-order valence-electron chi connectivity index (χ3n) is 4.04. The number of nitrogens with zero attached hydrogens (tertiary/aromatic N) is 1. The lowest BCUT2D eigenvalue weighted by Gasteiger charge is -2.15. The summed E-state index contributed by atoms with van der Waals surface area (Å²) in [6.07, 6.45) is 2.18. The van der Waals surface area contributed by atoms with Gasteiger partial charge in [-0.25, -0.2) is 4.79 Å². The number of nitrogens with two attached hydrogens (primary N) is 1. The fraction of sp³-hybridized carbons (Fsp3) is 0.188. The number of carbonyl (C=O) groups is 2. The Morgan fingerprint density at radius 2 is 2.00 bits per heavy atom. The van der Waals surface area contributed by atoms with E-state index in [0.717, 1.165) is 4.57 Å². The first-order valence-electron chi connectivity index (χ1n) is 7.17. The Morgan fingerprint density at radius 1 is 1.29 bits per heavy atom. The molecule has 8 heteroatoms. The third-order valence-corrected chi connectivity index (χ3v) is 4.37. The van der Waals surface area contributed by atoms with Gasteiger partial charge in [0.15, 0.2) is 0 Å². The number of halogens is 1. The lowest BCUT2D eigenvalue weighted by Crippen LogP contribution is -2.37. The number of carboxylic acid groups (broad SMARTS) is 1. The highest BCUT2D eigenvalue weighted by atomic mass is 35.5. The summed E-state index contributed by atoms with van der Waals surface area (Å²) in [5, 5.41) is 12.0. The number of aromatic nitrogens is 1. The van der Waals surface area contributed by atoms with Crippen LogP contribution in [0.4, 0.5) is 11.4 Å². The molecule has 1 amide bonds. The van der Waals surface area contributed by atoms with Gasteiger partial charge in [-0.15, -0.1) is 0 Å². The minimum atomic E-state index is -1.21. The van der Waals surface area contributed by atoms with E-state index in [1.54, 1.807) is 0 Å². The van der Waals surface area contributed by atoms with Gasteiger partial charge in [-0.05, 0) is 43.2 Å². The van der Waals surface area contributed by atoms with Crippen LogP contribution in [0.1, 0.15) is 23.2 Å². The topological polar surface area (TPSA) is 114 Å². The zero-order valence-corrected chi connectivity index (χ0v) is 13.2. The Balaban J connectivity index is 1.91. The highest BCUT2D eigenvalue weighted by Crippen LogP contribution is 2.42. The van der Waals surface area contributed by atoms with Crippen molar-refractivity contribution >= 4 is 34.9 Å². The molecule has 3 rings (SSSR count). The van der Waals surface area contributed by atoms with Gasteiger partial charge in [-0.3, -0.25) is 14.2 Å². The molecule has 0 unspecified atom stereocenters. The van der Waals surface area contributed by atoms with E-state index in [-0.39, 0.29) is 16.3 Å². The molecule has 0 spiro atoms. The van der Waals surface area contributed by atoms with Gasteiger partial charge in [0.2, 0.25) is 0 Å². The number of hydrogen-bond acceptors (Lipinski definition) is 4. The Kier molecular flexibility index (Phi) is 3.81. The number of amides is 1. The standard InChI is InChI=1S/C16H14ClN3O4/c17-10-8-9(3-4-11(10)18)13(21)19-12-2-1-7-20(14(12)22)16(5-6-16)15(23)24/h1-4,7-8H,5-6,18H2,(H,19,21)(H,23,24). The summed E-state index contributed by atoms with van der Waals surface area (Å²) in [4.78, 5) is 36.1. The Labute approximate surface area is 141 Å². The summed E-state index contributed by atoms with van der Waals surface area (Å²) in [7, 11) is 0. The molecule has 1 aromatic heterocycles. The largest absolute Gasteiger partial charge is 0.479 e. The van der Waals surface area contributed by atoms with Gasteiger partial charge >= 0.3 is 5.97 Å². The number of nitrogens with one attached hydrogen (secondary N) is 1. The number of nitrogen functional groups attached to an aromatic ring is 1. The molecule has 4 N–H and O–H groups in total. The molecule has 7 nitrogen and oxygen atoms in total. The van der Waals surface area contributed by atoms with Crippen molar-refractivity contribution in [3.05, 3.63) is 57.5 Å². The molecular formula is C16H14ClN3O4. The second-order valence-corrected chi connectivity index (χ2v) is 6.03. The number of carbonyl (C=O) groups excluding carboxylic acids is 1. The van der Waals surface area contributed by atoms with E-state index in [1.165, 1.54) is 36.5 Å². The van der Waals surface area contributed by atoms with Crippen LogP contribution >= 0.6 is 11.6 Å². The second kappa shape index (κ2) is 5.68. The maximum atomic E-state index is 12.5. The van der Waals surface area contributed by atoms with Crippen LogP contribution in [-0.2, 0) is 10.3 Å². The lowest BCUT2D eigenvalue weighted by atomic mass is 10.2. The molecule has 0 aliphatic heterocycles. The fourth-order valence-electron chi connectivity index (χ4n) is 2.47. The van der Waals surface area contributed by atoms with Crippen molar-refractivity contribution < 1.29 is 14.7 Å². The van der Waals surface area contributed by atoms with Crippen molar-refractivity contribution in [2.75, 3.05) is 11.1 Å². The van der Waals surface area contributed by atoms with E-state index >= 15 is 0 Å². The molecule has 124 valence electrons. The lowest BCUT2D eigenvalue weighted by molar-refractivity contribution is -0.142. The smallest absolute Gasteiger partial charge is 0.330 e. The normalized spacial score (nSPS) is 14.9. The van der Waals surface area contributed by atoms with Crippen LogP contribution in [0.3, 0.4) is 0 Å². The van der Waals surface area contributed by atoms with Crippen molar-refractivity contribution in [3.8, 4) is 0 Å². The predicted octanol–water partition coefficient (Wildman–Crippen LogP) is 1.91. The van der Waals surface area contributed by atoms with Crippen molar-refractivity contribution in [1.82, 2.24) is 4.57 Å². The average molecular weight is 348 g/mol. The zero-order chi connectivity index (χ0) is 17.5. The number of pyridine rings is 1. The van der Waals surface area contributed by atoms with Crippen LogP contribution in [0.15, 0.2) is 41.3 Å². The number of rotatable bonds is 4. The van der Waals surface area contributed by atoms with Crippen LogP contribution in [0.5, 0.6) is 0 Å². The summed E-state index contributed by atoms with van der Waals surface area (Å²) in [6.45, 7) is 0. The van der Waals surface area contributed by atoms with Crippen molar-refractivity contribution in [3.63, 3.8) is 0 Å². The maximum absolute atomic E-state index is 12.5. The van der Waals surface area contributed by atoms with E-state index in [9.17, 15) is 19.5 Å². The number of anilines is 2. The summed E-state index contributed by atoms with van der Waals surface area (Å²) >= 11 is 5.88. The van der Waals surface area contributed by atoms with E-state index < -0.39 is 23.0 Å². The van der Waals surface area contributed by atoms with Gasteiger partial charge in [-0.1, -0.05) is 11.6 Å². The van der Waals surface area contributed by atoms with Crippen LogP contribution in [-0.4, -0.2) is 21.6 Å². The van der Waals surface area contributed by atoms with Crippen LogP contribution in [0.2, 0.25) is 5.02 Å². The number of carboxylic acids is 1. The van der Waals surface area contributed by atoms with E-state index in [1.807, 2.05) is 0 Å². The first kappa shape index (κ1) is 16.1. The Morgan fingerprint density at radius 3 is 2.58 bits per heavy atom. The van der Waals surface area contributed by atoms with E-state index in [4.69, 9.17) is 17.3 Å². The van der Waals surface area contributed by atoms with E-state index in [2.05, 4.69) is 5.32 Å². The average Bonchev–Trinajstić information content (AvgIpc) is 3.33. The van der Waals surface area contributed by atoms with Crippen molar-refractivity contribution in [2.45, 2.75) is 18.4 Å². The third kappa shape index (κ3) is 2.63. The van der Waals surface area contributed by atoms with Crippen LogP contribution in [0.25, 0.3) is 0 Å². The SMILES string of the molecule is Nc1ccc(C(=O)Nc2cccn(C3(C(=O)O)CC3)c2=O)cc1Cl. The Bertz CT molecular complexity index is 902. The molecule has 1 heterocycles. The van der Waals surface area contributed by atoms with Gasteiger partial charge in [0, 0.05) is 11.8 Å². The Hall–Kier alpha value is -2.80. The molecule has 1 aliphatic rings. The number of aliphatic carboxylic acids is 1. The first-order valence-corrected chi connectivity index (χ1v) is 7.55. The maximum Gasteiger partial charge on any atom is 0.330 e. The van der Waals surface area contributed by atoms with E-state index in [0.29, 0.717) is 18.5 Å². The molecule has 0 bridgehead atoms. The van der Waals surface area contributed by atoms with Gasteiger partial charge in [0.1, 0.15) is 11.2 Å². The molecule has 1 aromatic carbocycles. The summed E-state index contributed by atoms with van der Waals surface area (Å²) in [5.41, 5.74) is 4.41. The predicted molar refractivity (Wildman–Crippen MR) is 89.4 cm³/mol. The molecule has 1 fully saturated rings. The summed E-state index contributed by atoms with van der Waals surface area (Å²) < 4.78 is 1.15. The summed E-state index contributed by atoms with van der Waals surface area (Å²) in [6, 6.07) is 7.32. The second-order valence-electron chi connectivity index (χ2n) is 5.62. The molecule has 0 radical (unpaired) electrons. The quantitative estimate of drug-likeness (QED) is 0.731. The molecule has 2 aromatic rings. The highest BCUT2D eigenvalue weighted by Gasteiger charge is 2.52. The molecule has 0 saturated heterocycles.